The van der Waals surface area contributed by atoms with E-state index in [0.717, 1.165) is 18.5 Å². The maximum atomic E-state index is 12.3. The van der Waals surface area contributed by atoms with Gasteiger partial charge in [-0.1, -0.05) is 60.2 Å². The number of benzene rings is 2. The average Bonchev–Trinajstić information content (AvgIpc) is 2.71. The third-order valence-corrected chi connectivity index (χ3v) is 4.38. The molecule has 0 aliphatic carbocycles. The molecule has 0 bridgehead atoms. The van der Waals surface area contributed by atoms with E-state index in [1.165, 1.54) is 16.7 Å². The Hall–Kier alpha value is -3.14. The highest BCUT2D eigenvalue weighted by Gasteiger charge is 2.07. The summed E-state index contributed by atoms with van der Waals surface area (Å²) < 4.78 is 0. The lowest BCUT2D eigenvalue weighted by atomic mass is 10.1. The van der Waals surface area contributed by atoms with Crippen LogP contribution in [0.25, 0.3) is 0 Å². The quantitative estimate of drug-likeness (QED) is 0.588. The highest BCUT2D eigenvalue weighted by atomic mass is 16.1. The summed E-state index contributed by atoms with van der Waals surface area (Å²) in [7, 11) is 0. The average molecular weight is 359 g/mol. The fourth-order valence-electron chi connectivity index (χ4n) is 2.80. The van der Waals surface area contributed by atoms with Gasteiger partial charge in [-0.05, 0) is 43.0 Å². The van der Waals surface area contributed by atoms with E-state index in [-0.39, 0.29) is 5.91 Å². The van der Waals surface area contributed by atoms with Crippen LogP contribution in [-0.4, -0.2) is 17.4 Å². The maximum absolute atomic E-state index is 12.3. The van der Waals surface area contributed by atoms with Gasteiger partial charge in [0, 0.05) is 25.0 Å². The molecule has 4 heteroatoms. The minimum absolute atomic E-state index is 0.137. The van der Waals surface area contributed by atoms with Gasteiger partial charge in [0.1, 0.15) is 5.69 Å². The second kappa shape index (κ2) is 9.53. The third kappa shape index (κ3) is 5.96. The number of rotatable bonds is 8. The molecule has 0 saturated heterocycles. The lowest BCUT2D eigenvalue weighted by molar-refractivity contribution is 0.0948. The number of amides is 1. The van der Waals surface area contributed by atoms with Crippen LogP contribution in [0.4, 0.5) is 5.69 Å². The lowest BCUT2D eigenvalue weighted by Crippen LogP contribution is -2.25. The van der Waals surface area contributed by atoms with Crippen LogP contribution in [0.15, 0.2) is 72.9 Å². The zero-order valence-corrected chi connectivity index (χ0v) is 15.6. The Bertz CT molecular complexity index is 860. The maximum Gasteiger partial charge on any atom is 0.269 e. The number of hydrogen-bond donors (Lipinski definition) is 2. The smallest absolute Gasteiger partial charge is 0.269 e. The Labute approximate surface area is 160 Å². The van der Waals surface area contributed by atoms with Crippen molar-refractivity contribution >= 4 is 11.6 Å². The van der Waals surface area contributed by atoms with Gasteiger partial charge in [0.05, 0.1) is 0 Å². The minimum atomic E-state index is -0.137. The van der Waals surface area contributed by atoms with Crippen molar-refractivity contribution in [2.75, 3.05) is 11.9 Å². The number of anilines is 1. The summed E-state index contributed by atoms with van der Waals surface area (Å²) in [5.74, 6) is -0.137. The van der Waals surface area contributed by atoms with E-state index in [0.29, 0.717) is 18.8 Å². The number of pyridine rings is 1. The predicted molar refractivity (Wildman–Crippen MR) is 110 cm³/mol. The number of carbonyl (C=O) groups excluding carboxylic acids is 1. The summed E-state index contributed by atoms with van der Waals surface area (Å²) in [6.07, 6.45) is 3.52. The van der Waals surface area contributed by atoms with Gasteiger partial charge in [-0.3, -0.25) is 9.78 Å². The first-order valence-electron chi connectivity index (χ1n) is 9.28. The van der Waals surface area contributed by atoms with Crippen LogP contribution in [-0.2, 0) is 13.0 Å². The van der Waals surface area contributed by atoms with Crippen molar-refractivity contribution in [2.24, 2.45) is 0 Å². The fourth-order valence-corrected chi connectivity index (χ4v) is 2.80. The molecule has 138 valence electrons. The molecule has 0 atom stereocenters. The molecular weight excluding hydrogens is 334 g/mol. The highest BCUT2D eigenvalue weighted by Crippen LogP contribution is 2.11. The monoisotopic (exact) mass is 359 g/mol. The SMILES string of the molecule is Cc1ccc(CNc2ccnc(C(=O)NCCCc3ccccc3)c2)cc1. The van der Waals surface area contributed by atoms with Crippen LogP contribution in [0.3, 0.4) is 0 Å². The molecule has 0 unspecified atom stereocenters. The normalized spacial score (nSPS) is 10.4. The number of aromatic nitrogens is 1. The van der Waals surface area contributed by atoms with E-state index in [4.69, 9.17) is 0 Å². The predicted octanol–water partition coefficient (Wildman–Crippen LogP) is 4.36. The molecular formula is C23H25N3O. The van der Waals surface area contributed by atoms with E-state index in [9.17, 15) is 4.79 Å². The Kier molecular flexibility index (Phi) is 6.58. The van der Waals surface area contributed by atoms with Crippen molar-refractivity contribution < 1.29 is 4.79 Å². The van der Waals surface area contributed by atoms with E-state index >= 15 is 0 Å². The third-order valence-electron chi connectivity index (χ3n) is 4.38. The molecule has 1 heterocycles. The molecule has 0 spiro atoms. The molecule has 2 N–H and O–H groups in total. The Morgan fingerprint density at radius 1 is 0.963 bits per heavy atom. The molecule has 4 nitrogen and oxygen atoms in total. The topological polar surface area (TPSA) is 54.0 Å². The first-order valence-corrected chi connectivity index (χ1v) is 9.28. The number of nitrogens with zero attached hydrogens (tertiary/aromatic N) is 1. The second-order valence-corrected chi connectivity index (χ2v) is 6.61. The van der Waals surface area contributed by atoms with Crippen molar-refractivity contribution in [1.29, 1.82) is 0 Å². The molecule has 0 saturated carbocycles. The molecule has 3 aromatic rings. The molecule has 3 rings (SSSR count). The van der Waals surface area contributed by atoms with Gasteiger partial charge in [-0.2, -0.15) is 0 Å². The van der Waals surface area contributed by atoms with Crippen LogP contribution < -0.4 is 10.6 Å². The Balaban J connectivity index is 1.47. The van der Waals surface area contributed by atoms with Crippen LogP contribution in [0, 0.1) is 6.92 Å². The number of hydrogen-bond acceptors (Lipinski definition) is 3. The summed E-state index contributed by atoms with van der Waals surface area (Å²) >= 11 is 0. The van der Waals surface area contributed by atoms with Gasteiger partial charge in [0.25, 0.3) is 5.91 Å². The van der Waals surface area contributed by atoms with Gasteiger partial charge >= 0.3 is 0 Å². The van der Waals surface area contributed by atoms with E-state index in [2.05, 4.69) is 58.9 Å². The Morgan fingerprint density at radius 2 is 1.74 bits per heavy atom. The van der Waals surface area contributed by atoms with E-state index < -0.39 is 0 Å². The summed E-state index contributed by atoms with van der Waals surface area (Å²) in [5, 5.41) is 6.29. The van der Waals surface area contributed by atoms with Crippen molar-refractivity contribution in [3.63, 3.8) is 0 Å². The molecule has 1 aromatic heterocycles. The Morgan fingerprint density at radius 3 is 2.52 bits per heavy atom. The van der Waals surface area contributed by atoms with Crippen LogP contribution in [0.2, 0.25) is 0 Å². The molecule has 0 fully saturated rings. The minimum Gasteiger partial charge on any atom is -0.381 e. The number of aryl methyl sites for hydroxylation is 2. The van der Waals surface area contributed by atoms with Gasteiger partial charge < -0.3 is 10.6 Å². The lowest BCUT2D eigenvalue weighted by Gasteiger charge is -2.09. The molecule has 1 amide bonds. The zero-order chi connectivity index (χ0) is 18.9. The second-order valence-electron chi connectivity index (χ2n) is 6.61. The first kappa shape index (κ1) is 18.6. The van der Waals surface area contributed by atoms with Gasteiger partial charge in [0.15, 0.2) is 0 Å². The van der Waals surface area contributed by atoms with Crippen LogP contribution in [0.5, 0.6) is 0 Å². The van der Waals surface area contributed by atoms with E-state index in [1.807, 2.05) is 24.3 Å². The summed E-state index contributed by atoms with van der Waals surface area (Å²) in [5.41, 5.74) is 5.05. The fraction of sp³-hybridized carbons (Fsp3) is 0.217. The van der Waals surface area contributed by atoms with E-state index in [1.54, 1.807) is 12.3 Å². The van der Waals surface area contributed by atoms with Gasteiger partial charge in [-0.25, -0.2) is 0 Å². The zero-order valence-electron chi connectivity index (χ0n) is 15.6. The van der Waals surface area contributed by atoms with Crippen molar-refractivity contribution in [3.05, 3.63) is 95.3 Å². The van der Waals surface area contributed by atoms with Crippen LogP contribution >= 0.6 is 0 Å². The van der Waals surface area contributed by atoms with Crippen molar-refractivity contribution in [1.82, 2.24) is 10.3 Å². The summed E-state index contributed by atoms with van der Waals surface area (Å²) in [4.78, 5) is 16.5. The summed E-state index contributed by atoms with van der Waals surface area (Å²) in [6, 6.07) is 22.3. The molecule has 0 aliphatic rings. The van der Waals surface area contributed by atoms with Crippen LogP contribution in [0.1, 0.15) is 33.6 Å². The van der Waals surface area contributed by atoms with Gasteiger partial charge in [0.2, 0.25) is 0 Å². The summed E-state index contributed by atoms with van der Waals surface area (Å²) in [6.45, 7) is 3.42. The molecule has 2 aromatic carbocycles. The first-order chi connectivity index (χ1) is 13.2. The number of nitrogens with one attached hydrogen (secondary N) is 2. The molecule has 27 heavy (non-hydrogen) atoms. The molecule has 0 aliphatic heterocycles. The number of carbonyl (C=O) groups is 1. The van der Waals surface area contributed by atoms with Gasteiger partial charge in [-0.15, -0.1) is 0 Å². The largest absolute Gasteiger partial charge is 0.381 e. The highest BCUT2D eigenvalue weighted by molar-refractivity contribution is 5.93. The van der Waals surface area contributed by atoms with Crippen molar-refractivity contribution in [2.45, 2.75) is 26.3 Å². The standard InChI is InChI=1S/C23H25N3O/c1-18-9-11-20(12-10-18)17-26-21-13-15-24-22(16-21)23(27)25-14-5-8-19-6-3-2-4-7-19/h2-4,6-7,9-13,15-16H,5,8,14,17H2,1H3,(H,24,26)(H,25,27). The van der Waals surface area contributed by atoms with Crippen molar-refractivity contribution in [3.8, 4) is 0 Å². The molecule has 0 radical (unpaired) electrons.